The van der Waals surface area contributed by atoms with Gasteiger partial charge < -0.3 is 5.32 Å². The van der Waals surface area contributed by atoms with E-state index in [2.05, 4.69) is 70.5 Å². The maximum absolute atomic E-state index is 4.05. The van der Waals surface area contributed by atoms with Crippen molar-refractivity contribution in [2.24, 2.45) is 7.05 Å². The zero-order chi connectivity index (χ0) is 14.0. The molecule has 0 saturated carbocycles. The summed E-state index contributed by atoms with van der Waals surface area (Å²) in [6, 6.07) is 6.99. The Labute approximate surface area is 122 Å². The number of hydrogen-bond acceptors (Lipinski definition) is 3. The van der Waals surface area contributed by atoms with Gasteiger partial charge in [-0.05, 0) is 40.0 Å². The van der Waals surface area contributed by atoms with E-state index in [9.17, 15) is 0 Å². The normalized spacial score (nSPS) is 11.3. The summed E-state index contributed by atoms with van der Waals surface area (Å²) in [5, 5.41) is 11.5. The maximum Gasteiger partial charge on any atom is 0.156 e. The molecule has 19 heavy (non-hydrogen) atoms. The molecule has 0 aliphatic heterocycles. The summed E-state index contributed by atoms with van der Waals surface area (Å²) in [5.74, 6) is 0. The molecule has 0 aliphatic rings. The highest BCUT2D eigenvalue weighted by Gasteiger charge is 2.13. The van der Waals surface area contributed by atoms with E-state index in [1.807, 2.05) is 7.05 Å². The fourth-order valence-corrected chi connectivity index (χ4v) is 2.51. The summed E-state index contributed by atoms with van der Waals surface area (Å²) in [4.78, 5) is 0. The van der Waals surface area contributed by atoms with Crippen molar-refractivity contribution in [1.29, 1.82) is 0 Å². The first-order valence-electron chi connectivity index (χ1n) is 6.37. The Hall–Kier alpha value is -1.20. The zero-order valence-corrected chi connectivity index (χ0v) is 13.3. The van der Waals surface area contributed by atoms with E-state index in [0.717, 1.165) is 16.8 Å². The van der Waals surface area contributed by atoms with Crippen molar-refractivity contribution in [3.05, 3.63) is 33.9 Å². The first kappa shape index (κ1) is 14.2. The highest BCUT2D eigenvalue weighted by Crippen LogP contribution is 2.29. The predicted molar refractivity (Wildman–Crippen MR) is 80.9 cm³/mol. The maximum atomic E-state index is 4.05. The minimum Gasteiger partial charge on any atom is -0.310 e. The van der Waals surface area contributed by atoms with E-state index in [1.54, 1.807) is 4.68 Å². The molecule has 0 saturated heterocycles. The molecule has 0 unspecified atom stereocenters. The van der Waals surface area contributed by atoms with E-state index in [1.165, 1.54) is 16.7 Å². The van der Waals surface area contributed by atoms with Gasteiger partial charge in [-0.15, -0.1) is 5.10 Å². The molecule has 5 heteroatoms. The molecule has 1 aromatic heterocycles. The molecule has 1 aromatic carbocycles. The van der Waals surface area contributed by atoms with Crippen LogP contribution in [0.4, 0.5) is 0 Å². The second kappa shape index (κ2) is 5.84. The van der Waals surface area contributed by atoms with Crippen molar-refractivity contribution in [3.8, 4) is 11.3 Å². The second-order valence-electron chi connectivity index (χ2n) is 5.04. The SMILES string of the molecule is Cc1ccc(CNC(C)C)cc1-c1c(Br)nnn1C. The summed E-state index contributed by atoms with van der Waals surface area (Å²) < 4.78 is 2.58. The van der Waals surface area contributed by atoms with Crippen LogP contribution >= 0.6 is 15.9 Å². The van der Waals surface area contributed by atoms with Gasteiger partial charge in [0.1, 0.15) is 5.69 Å². The van der Waals surface area contributed by atoms with Gasteiger partial charge in [-0.1, -0.05) is 31.2 Å². The number of aryl methyl sites for hydroxylation is 2. The van der Waals surface area contributed by atoms with Crippen molar-refractivity contribution in [3.63, 3.8) is 0 Å². The molecule has 2 aromatic rings. The van der Waals surface area contributed by atoms with E-state index >= 15 is 0 Å². The van der Waals surface area contributed by atoms with Crippen LogP contribution in [0.15, 0.2) is 22.8 Å². The molecule has 1 N–H and O–H groups in total. The van der Waals surface area contributed by atoms with Gasteiger partial charge in [0, 0.05) is 25.2 Å². The Morgan fingerprint density at radius 3 is 2.68 bits per heavy atom. The van der Waals surface area contributed by atoms with Crippen LogP contribution in [0.1, 0.15) is 25.0 Å². The van der Waals surface area contributed by atoms with Crippen molar-refractivity contribution in [1.82, 2.24) is 20.3 Å². The average molecular weight is 323 g/mol. The molecule has 0 fully saturated rings. The van der Waals surface area contributed by atoms with E-state index in [0.29, 0.717) is 6.04 Å². The molecular formula is C14H19BrN4. The van der Waals surface area contributed by atoms with Gasteiger partial charge in [-0.3, -0.25) is 0 Å². The van der Waals surface area contributed by atoms with Crippen molar-refractivity contribution < 1.29 is 0 Å². The number of nitrogens with zero attached hydrogens (tertiary/aromatic N) is 3. The van der Waals surface area contributed by atoms with Gasteiger partial charge >= 0.3 is 0 Å². The van der Waals surface area contributed by atoms with Crippen molar-refractivity contribution in [2.45, 2.75) is 33.4 Å². The Balaban J connectivity index is 2.37. The third-order valence-electron chi connectivity index (χ3n) is 3.06. The number of halogens is 1. The lowest BCUT2D eigenvalue weighted by atomic mass is 10.0. The molecule has 0 atom stereocenters. The molecule has 4 nitrogen and oxygen atoms in total. The van der Waals surface area contributed by atoms with Crippen LogP contribution < -0.4 is 5.32 Å². The molecule has 0 amide bonds. The Kier molecular flexibility index (Phi) is 4.37. The van der Waals surface area contributed by atoms with Crippen LogP contribution in [-0.4, -0.2) is 21.0 Å². The molecule has 0 bridgehead atoms. The quantitative estimate of drug-likeness (QED) is 0.940. The number of nitrogens with one attached hydrogen (secondary N) is 1. The van der Waals surface area contributed by atoms with Crippen LogP contribution in [0, 0.1) is 6.92 Å². The molecule has 102 valence electrons. The number of hydrogen-bond donors (Lipinski definition) is 1. The predicted octanol–water partition coefficient (Wildman–Crippen LogP) is 3.05. The lowest BCUT2D eigenvalue weighted by molar-refractivity contribution is 0.589. The van der Waals surface area contributed by atoms with Gasteiger partial charge in [-0.25, -0.2) is 4.68 Å². The lowest BCUT2D eigenvalue weighted by Crippen LogP contribution is -2.21. The van der Waals surface area contributed by atoms with Crippen LogP contribution in [0.2, 0.25) is 0 Å². The van der Waals surface area contributed by atoms with E-state index in [-0.39, 0.29) is 0 Å². The molecule has 0 radical (unpaired) electrons. The van der Waals surface area contributed by atoms with Crippen LogP contribution in [0.25, 0.3) is 11.3 Å². The van der Waals surface area contributed by atoms with Gasteiger partial charge in [0.15, 0.2) is 4.60 Å². The number of aromatic nitrogens is 3. The van der Waals surface area contributed by atoms with Gasteiger partial charge in [0.05, 0.1) is 0 Å². The second-order valence-corrected chi connectivity index (χ2v) is 5.79. The third kappa shape index (κ3) is 3.22. The summed E-state index contributed by atoms with van der Waals surface area (Å²) in [7, 11) is 1.91. The topological polar surface area (TPSA) is 42.7 Å². The van der Waals surface area contributed by atoms with Crippen molar-refractivity contribution in [2.75, 3.05) is 0 Å². The van der Waals surface area contributed by atoms with Gasteiger partial charge in [0.2, 0.25) is 0 Å². The highest BCUT2D eigenvalue weighted by atomic mass is 79.9. The minimum absolute atomic E-state index is 0.481. The summed E-state index contributed by atoms with van der Waals surface area (Å²) in [6.07, 6.45) is 0. The molecule has 2 rings (SSSR count). The average Bonchev–Trinajstić information content (AvgIpc) is 2.68. The fourth-order valence-electron chi connectivity index (χ4n) is 1.97. The fraction of sp³-hybridized carbons (Fsp3) is 0.429. The lowest BCUT2D eigenvalue weighted by Gasteiger charge is -2.12. The Morgan fingerprint density at radius 2 is 2.11 bits per heavy atom. The summed E-state index contributed by atoms with van der Waals surface area (Å²) in [6.45, 7) is 7.27. The zero-order valence-electron chi connectivity index (χ0n) is 11.7. The monoisotopic (exact) mass is 322 g/mol. The summed E-state index contributed by atoms with van der Waals surface area (Å²) >= 11 is 3.46. The minimum atomic E-state index is 0.481. The largest absolute Gasteiger partial charge is 0.310 e. The third-order valence-corrected chi connectivity index (χ3v) is 3.59. The van der Waals surface area contributed by atoms with Gasteiger partial charge in [0.25, 0.3) is 0 Å². The standard InChI is InChI=1S/C14H19BrN4/c1-9(2)16-8-11-6-5-10(3)12(7-11)13-14(15)17-18-19(13)4/h5-7,9,16H,8H2,1-4H3. The Bertz CT molecular complexity index is 555. The highest BCUT2D eigenvalue weighted by molar-refractivity contribution is 9.10. The Morgan fingerprint density at radius 1 is 1.37 bits per heavy atom. The van der Waals surface area contributed by atoms with E-state index < -0.39 is 0 Å². The van der Waals surface area contributed by atoms with Crippen LogP contribution in [0.5, 0.6) is 0 Å². The molecule has 1 heterocycles. The number of benzene rings is 1. The van der Waals surface area contributed by atoms with Gasteiger partial charge in [-0.2, -0.15) is 0 Å². The van der Waals surface area contributed by atoms with Crippen LogP contribution in [-0.2, 0) is 13.6 Å². The molecule has 0 spiro atoms. The van der Waals surface area contributed by atoms with E-state index in [4.69, 9.17) is 0 Å². The molecular weight excluding hydrogens is 304 g/mol. The first-order valence-corrected chi connectivity index (χ1v) is 7.16. The smallest absolute Gasteiger partial charge is 0.156 e. The first-order chi connectivity index (χ1) is 8.99. The van der Waals surface area contributed by atoms with Crippen molar-refractivity contribution >= 4 is 15.9 Å². The number of rotatable bonds is 4. The van der Waals surface area contributed by atoms with Crippen LogP contribution in [0.3, 0.4) is 0 Å². The molecule has 0 aliphatic carbocycles. The summed E-state index contributed by atoms with van der Waals surface area (Å²) in [5.41, 5.74) is 4.67.